The lowest BCUT2D eigenvalue weighted by molar-refractivity contribution is -0.129. The van der Waals surface area contributed by atoms with Crippen LogP contribution >= 0.6 is 0 Å². The molecule has 1 amide bonds. The molecule has 0 heterocycles. The van der Waals surface area contributed by atoms with E-state index in [0.29, 0.717) is 0 Å². The number of nitrogens with zero attached hydrogens (tertiary/aromatic N) is 1. The summed E-state index contributed by atoms with van der Waals surface area (Å²) in [5, 5.41) is 3.13. The molecule has 0 aromatic rings. The first-order valence-electron chi connectivity index (χ1n) is 6.80. The Labute approximate surface area is 107 Å². The molecule has 0 saturated heterocycles. The molecule has 0 aliphatic heterocycles. The zero-order valence-electron chi connectivity index (χ0n) is 12.5. The van der Waals surface area contributed by atoms with Gasteiger partial charge < -0.3 is 10.2 Å². The van der Waals surface area contributed by atoms with Gasteiger partial charge in [-0.2, -0.15) is 0 Å². The Morgan fingerprint density at radius 2 is 1.88 bits per heavy atom. The normalized spacial score (nSPS) is 13.8. The summed E-state index contributed by atoms with van der Waals surface area (Å²) in [6.07, 6.45) is 3.42. The first-order chi connectivity index (χ1) is 7.81. The van der Waals surface area contributed by atoms with Crippen molar-refractivity contribution < 1.29 is 4.79 Å². The Bertz CT molecular complexity index is 221. The third kappa shape index (κ3) is 7.37. The van der Waals surface area contributed by atoms with Gasteiger partial charge >= 0.3 is 0 Å². The summed E-state index contributed by atoms with van der Waals surface area (Å²) in [4.78, 5) is 14.2. The Kier molecular flexibility index (Phi) is 7.44. The Balaban J connectivity index is 4.12. The number of hydrogen-bond donors (Lipinski definition) is 1. The van der Waals surface area contributed by atoms with Crippen LogP contribution in [-0.2, 0) is 4.79 Å². The molecular weight excluding hydrogens is 212 g/mol. The predicted molar refractivity (Wildman–Crippen MR) is 74.1 cm³/mol. The van der Waals surface area contributed by atoms with E-state index in [0.717, 1.165) is 19.5 Å². The van der Waals surface area contributed by atoms with Crippen LogP contribution in [-0.4, -0.2) is 37.0 Å². The van der Waals surface area contributed by atoms with Crippen LogP contribution in [0.25, 0.3) is 0 Å². The van der Waals surface area contributed by atoms with Crippen LogP contribution in [0.4, 0.5) is 0 Å². The minimum Gasteiger partial charge on any atom is -0.352 e. The standard InChI is InChI=1S/C14H30N2O/c1-7-9-10-16(6)11-12(8-2)15-13(17)14(3,4)5/h12H,7-11H2,1-6H3,(H,15,17)/t12-/m1/s1. The second kappa shape index (κ2) is 7.70. The van der Waals surface area contributed by atoms with Gasteiger partial charge in [0.1, 0.15) is 0 Å². The maximum Gasteiger partial charge on any atom is 0.225 e. The van der Waals surface area contributed by atoms with Crippen LogP contribution in [0.5, 0.6) is 0 Å². The number of hydrogen-bond acceptors (Lipinski definition) is 2. The summed E-state index contributed by atoms with van der Waals surface area (Å²) in [6, 6.07) is 0.267. The van der Waals surface area contributed by atoms with Crippen molar-refractivity contribution in [2.24, 2.45) is 5.41 Å². The van der Waals surface area contributed by atoms with E-state index < -0.39 is 0 Å². The van der Waals surface area contributed by atoms with Gasteiger partial charge in [0.15, 0.2) is 0 Å². The molecule has 0 saturated carbocycles. The van der Waals surface area contributed by atoms with Gasteiger partial charge in [0.25, 0.3) is 0 Å². The summed E-state index contributed by atoms with van der Waals surface area (Å²) >= 11 is 0. The quantitative estimate of drug-likeness (QED) is 0.744. The largest absolute Gasteiger partial charge is 0.352 e. The molecule has 0 fully saturated rings. The fraction of sp³-hybridized carbons (Fsp3) is 0.929. The molecule has 0 unspecified atom stereocenters. The Hall–Kier alpha value is -0.570. The van der Waals surface area contributed by atoms with Crippen molar-refractivity contribution >= 4 is 5.91 Å². The molecule has 1 N–H and O–H groups in total. The van der Waals surface area contributed by atoms with E-state index in [-0.39, 0.29) is 17.4 Å². The lowest BCUT2D eigenvalue weighted by atomic mass is 9.95. The van der Waals surface area contributed by atoms with Gasteiger partial charge in [-0.3, -0.25) is 4.79 Å². The molecule has 0 aromatic carbocycles. The number of rotatable bonds is 7. The van der Waals surface area contributed by atoms with Gasteiger partial charge in [-0.1, -0.05) is 41.0 Å². The molecule has 0 aromatic heterocycles. The molecular formula is C14H30N2O. The number of carbonyl (C=O) groups is 1. The van der Waals surface area contributed by atoms with E-state index in [2.05, 4.69) is 31.1 Å². The number of unbranched alkanes of at least 4 members (excludes halogenated alkanes) is 1. The summed E-state index contributed by atoms with van der Waals surface area (Å²) < 4.78 is 0. The number of likely N-dealkylation sites (N-methyl/N-ethyl adjacent to an activating group) is 1. The fourth-order valence-corrected chi connectivity index (χ4v) is 1.57. The summed E-state index contributed by atoms with van der Waals surface area (Å²) in [6.45, 7) is 12.2. The lowest BCUT2D eigenvalue weighted by Gasteiger charge is -2.27. The summed E-state index contributed by atoms with van der Waals surface area (Å²) in [7, 11) is 2.13. The highest BCUT2D eigenvalue weighted by molar-refractivity contribution is 5.81. The Morgan fingerprint density at radius 3 is 2.29 bits per heavy atom. The molecule has 3 nitrogen and oxygen atoms in total. The van der Waals surface area contributed by atoms with Crippen molar-refractivity contribution in [3.8, 4) is 0 Å². The first kappa shape index (κ1) is 16.4. The van der Waals surface area contributed by atoms with E-state index in [4.69, 9.17) is 0 Å². The van der Waals surface area contributed by atoms with Crippen LogP contribution in [0.15, 0.2) is 0 Å². The highest BCUT2D eigenvalue weighted by Gasteiger charge is 2.23. The smallest absolute Gasteiger partial charge is 0.225 e. The van der Waals surface area contributed by atoms with Crippen molar-refractivity contribution in [1.82, 2.24) is 10.2 Å². The van der Waals surface area contributed by atoms with E-state index in [9.17, 15) is 4.79 Å². The third-order valence-corrected chi connectivity index (χ3v) is 2.93. The highest BCUT2D eigenvalue weighted by atomic mass is 16.2. The van der Waals surface area contributed by atoms with Gasteiger partial charge in [-0.15, -0.1) is 0 Å². The van der Waals surface area contributed by atoms with Crippen LogP contribution in [0.3, 0.4) is 0 Å². The third-order valence-electron chi connectivity index (χ3n) is 2.93. The van der Waals surface area contributed by atoms with Crippen LogP contribution in [0, 0.1) is 5.41 Å². The van der Waals surface area contributed by atoms with Crippen molar-refractivity contribution in [3.05, 3.63) is 0 Å². The fourth-order valence-electron chi connectivity index (χ4n) is 1.57. The average molecular weight is 242 g/mol. The number of nitrogens with one attached hydrogen (secondary N) is 1. The molecule has 102 valence electrons. The summed E-state index contributed by atoms with van der Waals surface area (Å²) in [5.41, 5.74) is -0.296. The number of carbonyl (C=O) groups excluding carboxylic acids is 1. The molecule has 1 atom stereocenters. The zero-order chi connectivity index (χ0) is 13.5. The molecule has 17 heavy (non-hydrogen) atoms. The second-order valence-corrected chi connectivity index (χ2v) is 5.94. The van der Waals surface area contributed by atoms with Gasteiger partial charge in [0, 0.05) is 18.0 Å². The molecule has 3 heteroatoms. The molecule has 0 aliphatic carbocycles. The highest BCUT2D eigenvalue weighted by Crippen LogP contribution is 2.13. The molecule has 0 bridgehead atoms. The topological polar surface area (TPSA) is 32.3 Å². The van der Waals surface area contributed by atoms with Crippen LogP contribution in [0.2, 0.25) is 0 Å². The van der Waals surface area contributed by atoms with Crippen LogP contribution < -0.4 is 5.32 Å². The molecule has 0 aliphatic rings. The van der Waals surface area contributed by atoms with E-state index >= 15 is 0 Å². The first-order valence-corrected chi connectivity index (χ1v) is 6.80. The maximum absolute atomic E-state index is 11.9. The van der Waals surface area contributed by atoms with Gasteiger partial charge in [-0.25, -0.2) is 0 Å². The molecule has 0 spiro atoms. The lowest BCUT2D eigenvalue weighted by Crippen LogP contribution is -2.46. The van der Waals surface area contributed by atoms with Crippen molar-refractivity contribution in [2.45, 2.75) is 59.9 Å². The van der Waals surface area contributed by atoms with Crippen LogP contribution in [0.1, 0.15) is 53.9 Å². The van der Waals surface area contributed by atoms with Crippen molar-refractivity contribution in [1.29, 1.82) is 0 Å². The zero-order valence-corrected chi connectivity index (χ0v) is 12.5. The van der Waals surface area contributed by atoms with Gasteiger partial charge in [0.05, 0.1) is 0 Å². The maximum atomic E-state index is 11.9. The van der Waals surface area contributed by atoms with E-state index in [1.54, 1.807) is 0 Å². The predicted octanol–water partition coefficient (Wildman–Crippen LogP) is 2.66. The second-order valence-electron chi connectivity index (χ2n) is 5.94. The average Bonchev–Trinajstić information content (AvgIpc) is 2.23. The minimum atomic E-state index is -0.296. The van der Waals surface area contributed by atoms with Gasteiger partial charge in [0.2, 0.25) is 5.91 Å². The molecule has 0 rings (SSSR count). The summed E-state index contributed by atoms with van der Waals surface area (Å²) in [5.74, 6) is 0.147. The minimum absolute atomic E-state index is 0.147. The monoisotopic (exact) mass is 242 g/mol. The van der Waals surface area contributed by atoms with Crippen molar-refractivity contribution in [3.63, 3.8) is 0 Å². The SMILES string of the molecule is CCCCN(C)C[C@@H](CC)NC(=O)C(C)(C)C. The van der Waals surface area contributed by atoms with Gasteiger partial charge in [-0.05, 0) is 26.4 Å². The molecule has 0 radical (unpaired) electrons. The number of amides is 1. The Morgan fingerprint density at radius 1 is 1.29 bits per heavy atom. The van der Waals surface area contributed by atoms with E-state index in [1.165, 1.54) is 12.8 Å². The van der Waals surface area contributed by atoms with E-state index in [1.807, 2.05) is 20.8 Å². The van der Waals surface area contributed by atoms with Crippen molar-refractivity contribution in [2.75, 3.05) is 20.1 Å².